The van der Waals surface area contributed by atoms with Crippen LogP contribution < -0.4 is 5.56 Å². The van der Waals surface area contributed by atoms with Crippen molar-refractivity contribution in [1.82, 2.24) is 14.5 Å². The van der Waals surface area contributed by atoms with E-state index >= 15 is 0 Å². The van der Waals surface area contributed by atoms with Crippen LogP contribution in [0.3, 0.4) is 0 Å². The van der Waals surface area contributed by atoms with Crippen LogP contribution in [0.4, 0.5) is 0 Å². The Kier molecular flexibility index (Phi) is 3.15. The predicted molar refractivity (Wildman–Crippen MR) is 92.4 cm³/mol. The normalized spacial score (nSPS) is 30.9. The smallest absolute Gasteiger partial charge is 0.265 e. The minimum absolute atomic E-state index is 0.0421. The van der Waals surface area contributed by atoms with Crippen LogP contribution >= 0.6 is 0 Å². The molecule has 2 unspecified atom stereocenters. The second-order valence-electron chi connectivity index (χ2n) is 8.26. The van der Waals surface area contributed by atoms with Crippen LogP contribution in [0.1, 0.15) is 48.2 Å². The van der Waals surface area contributed by atoms with E-state index in [2.05, 4.69) is 4.98 Å². The Morgan fingerprint density at radius 3 is 2.56 bits per heavy atom. The highest BCUT2D eigenvalue weighted by Gasteiger charge is 2.45. The Morgan fingerprint density at radius 1 is 1.16 bits per heavy atom. The van der Waals surface area contributed by atoms with Crippen LogP contribution in [-0.4, -0.2) is 32.9 Å². The van der Waals surface area contributed by atoms with Crippen molar-refractivity contribution in [2.45, 2.75) is 45.1 Å². The molecule has 0 aromatic carbocycles. The van der Waals surface area contributed by atoms with Gasteiger partial charge in [-0.15, -0.1) is 0 Å². The van der Waals surface area contributed by atoms with Gasteiger partial charge in [-0.05, 0) is 56.8 Å². The van der Waals surface area contributed by atoms with E-state index in [0.717, 1.165) is 31.2 Å². The lowest BCUT2D eigenvalue weighted by Gasteiger charge is -2.38. The van der Waals surface area contributed by atoms with Crippen molar-refractivity contribution in [3.8, 4) is 0 Å². The summed E-state index contributed by atoms with van der Waals surface area (Å²) in [5.41, 5.74) is 0.473. The molecule has 4 fully saturated rings. The van der Waals surface area contributed by atoms with Gasteiger partial charge in [0.2, 0.25) is 5.71 Å². The zero-order valence-electron chi connectivity index (χ0n) is 14.7. The first-order chi connectivity index (χ1) is 12.0. The van der Waals surface area contributed by atoms with Crippen LogP contribution in [0.5, 0.6) is 0 Å². The molecule has 0 radical (unpaired) electrons. The van der Waals surface area contributed by atoms with E-state index < -0.39 is 0 Å². The molecular weight excluding hydrogens is 318 g/mol. The molecule has 1 amide bonds. The van der Waals surface area contributed by atoms with E-state index in [9.17, 15) is 9.59 Å². The maximum atomic E-state index is 13.5. The number of rotatable bonds is 1. The fourth-order valence-corrected chi connectivity index (χ4v) is 5.62. The molecular formula is C19H23N3O3. The molecule has 6 nitrogen and oxygen atoms in total. The maximum absolute atomic E-state index is 13.5. The van der Waals surface area contributed by atoms with Crippen molar-refractivity contribution >= 4 is 17.0 Å². The van der Waals surface area contributed by atoms with Crippen LogP contribution in [0, 0.1) is 24.7 Å². The van der Waals surface area contributed by atoms with Crippen molar-refractivity contribution in [2.75, 3.05) is 6.54 Å². The SMILES string of the molecule is Cc1oc2ncn(C)c(=O)c2c1C(=O)N1CC2CC3CC(C2)CC1C3. The molecule has 2 aromatic heterocycles. The van der Waals surface area contributed by atoms with Gasteiger partial charge in [0.05, 0.1) is 5.56 Å². The molecule has 4 bridgehead atoms. The van der Waals surface area contributed by atoms with Gasteiger partial charge in [-0.1, -0.05) is 0 Å². The minimum Gasteiger partial charge on any atom is -0.442 e. The Morgan fingerprint density at radius 2 is 1.84 bits per heavy atom. The van der Waals surface area contributed by atoms with Gasteiger partial charge >= 0.3 is 0 Å². The van der Waals surface area contributed by atoms with Gasteiger partial charge < -0.3 is 13.9 Å². The van der Waals surface area contributed by atoms with Crippen molar-refractivity contribution in [2.24, 2.45) is 24.8 Å². The third kappa shape index (κ3) is 2.19. The summed E-state index contributed by atoms with van der Waals surface area (Å²) in [7, 11) is 1.65. The summed E-state index contributed by atoms with van der Waals surface area (Å²) in [5.74, 6) is 2.62. The fourth-order valence-electron chi connectivity index (χ4n) is 5.62. The zero-order valence-corrected chi connectivity index (χ0v) is 14.7. The number of carbonyl (C=O) groups excluding carboxylic acids is 1. The molecule has 132 valence electrons. The van der Waals surface area contributed by atoms with Crippen molar-refractivity contribution < 1.29 is 9.21 Å². The monoisotopic (exact) mass is 341 g/mol. The van der Waals surface area contributed by atoms with E-state index in [1.165, 1.54) is 30.2 Å². The highest BCUT2D eigenvalue weighted by molar-refractivity contribution is 6.06. The fraction of sp³-hybridized carbons (Fsp3) is 0.632. The zero-order chi connectivity index (χ0) is 17.3. The third-order valence-electron chi connectivity index (χ3n) is 6.53. The Hall–Kier alpha value is -2.11. The molecule has 2 aliphatic heterocycles. The van der Waals surface area contributed by atoms with Gasteiger partial charge in [-0.2, -0.15) is 0 Å². The summed E-state index contributed by atoms with van der Waals surface area (Å²) < 4.78 is 7.05. The van der Waals surface area contributed by atoms with Crippen LogP contribution in [-0.2, 0) is 7.05 Å². The summed E-state index contributed by atoms with van der Waals surface area (Å²) in [6.07, 6.45) is 7.52. The van der Waals surface area contributed by atoms with Crippen molar-refractivity contribution in [3.05, 3.63) is 28.0 Å². The third-order valence-corrected chi connectivity index (χ3v) is 6.53. The van der Waals surface area contributed by atoms with E-state index in [1.807, 2.05) is 4.90 Å². The van der Waals surface area contributed by atoms with Gasteiger partial charge in [-0.25, -0.2) is 4.98 Å². The molecule has 2 atom stereocenters. The van der Waals surface area contributed by atoms with Crippen molar-refractivity contribution in [3.63, 3.8) is 0 Å². The number of aryl methyl sites for hydroxylation is 2. The van der Waals surface area contributed by atoms with E-state index in [4.69, 9.17) is 4.42 Å². The minimum atomic E-state index is -0.217. The molecule has 0 N–H and O–H groups in total. The van der Waals surface area contributed by atoms with Gasteiger partial charge in [0.25, 0.3) is 11.5 Å². The predicted octanol–water partition coefficient (Wildman–Crippen LogP) is 2.49. The number of carbonyl (C=O) groups is 1. The average Bonchev–Trinajstić information content (AvgIpc) is 2.78. The molecule has 2 saturated heterocycles. The van der Waals surface area contributed by atoms with E-state index in [1.54, 1.807) is 14.0 Å². The van der Waals surface area contributed by atoms with Crippen molar-refractivity contribution in [1.29, 1.82) is 0 Å². The Labute approximate surface area is 145 Å². The second kappa shape index (κ2) is 5.19. The molecule has 25 heavy (non-hydrogen) atoms. The molecule has 6 rings (SSSR count). The highest BCUT2D eigenvalue weighted by atomic mass is 16.3. The van der Waals surface area contributed by atoms with Crippen LogP contribution in [0.15, 0.2) is 15.5 Å². The molecule has 0 spiro atoms. The Balaban J connectivity index is 1.61. The molecule has 2 aromatic rings. The number of hydrogen-bond donors (Lipinski definition) is 0. The van der Waals surface area contributed by atoms with Crippen LogP contribution in [0.2, 0.25) is 0 Å². The average molecular weight is 341 g/mol. The first-order valence-corrected chi connectivity index (χ1v) is 9.27. The Bertz CT molecular complexity index is 914. The highest BCUT2D eigenvalue weighted by Crippen LogP contribution is 2.47. The second-order valence-corrected chi connectivity index (χ2v) is 8.26. The summed E-state index contributed by atoms with van der Waals surface area (Å²) >= 11 is 0. The maximum Gasteiger partial charge on any atom is 0.265 e. The number of amides is 1. The number of fused-ring (bicyclic) bond motifs is 2. The molecule has 4 aliphatic rings. The van der Waals surface area contributed by atoms with Gasteiger partial charge in [0, 0.05) is 19.6 Å². The van der Waals surface area contributed by atoms with Crippen LogP contribution in [0.25, 0.3) is 11.1 Å². The molecule has 2 saturated carbocycles. The van der Waals surface area contributed by atoms with Gasteiger partial charge in [-0.3, -0.25) is 9.59 Å². The van der Waals surface area contributed by atoms with E-state index in [0.29, 0.717) is 28.7 Å². The lowest BCUT2D eigenvalue weighted by atomic mass is 9.68. The largest absolute Gasteiger partial charge is 0.442 e. The molecule has 6 heteroatoms. The topological polar surface area (TPSA) is 68.3 Å². The summed E-state index contributed by atoms with van der Waals surface area (Å²) in [6, 6.07) is 0.314. The number of hydrogen-bond acceptors (Lipinski definition) is 4. The molecule has 4 heterocycles. The van der Waals surface area contributed by atoms with Gasteiger partial charge in [0.1, 0.15) is 17.5 Å². The van der Waals surface area contributed by atoms with E-state index in [-0.39, 0.29) is 17.2 Å². The first-order valence-electron chi connectivity index (χ1n) is 9.27. The standard InChI is InChI=1S/C19H23N3O3/c1-10-15(16-17(25-10)20-9-21(2)18(16)23)19(24)22-8-13-4-11-3-12(5-13)7-14(22)6-11/h9,11-14H,3-8H2,1-2H3. The lowest BCUT2D eigenvalue weighted by molar-refractivity contribution is 0.0632. The summed E-state index contributed by atoms with van der Waals surface area (Å²) in [6.45, 7) is 2.58. The molecule has 2 aliphatic carbocycles. The first kappa shape index (κ1) is 15.2. The number of nitrogens with zero attached hydrogens (tertiary/aromatic N) is 3. The summed E-state index contributed by atoms with van der Waals surface area (Å²) in [4.78, 5) is 32.3. The lowest BCUT2D eigenvalue weighted by Crippen LogP contribution is -2.42. The van der Waals surface area contributed by atoms with Gasteiger partial charge in [0.15, 0.2) is 0 Å². The summed E-state index contributed by atoms with van der Waals surface area (Å²) in [5, 5.41) is 0.330. The quantitative estimate of drug-likeness (QED) is 0.799. The number of aromatic nitrogens is 2. The number of furan rings is 1.